The minimum absolute atomic E-state index is 0.144. The molecule has 34 heavy (non-hydrogen) atoms. The molecule has 2 aromatic heterocycles. The van der Waals surface area contributed by atoms with Crippen LogP contribution in [-0.2, 0) is 17.9 Å². The van der Waals surface area contributed by atoms with Gasteiger partial charge in [0.1, 0.15) is 12.7 Å². The normalized spacial score (nSPS) is 20.1. The Balaban J connectivity index is 1.34. The maximum atomic E-state index is 11.9. The number of esters is 1. The van der Waals surface area contributed by atoms with E-state index < -0.39 is 0 Å². The van der Waals surface area contributed by atoms with E-state index in [-0.39, 0.29) is 12.0 Å². The maximum absolute atomic E-state index is 11.9. The van der Waals surface area contributed by atoms with Gasteiger partial charge >= 0.3 is 5.97 Å². The molecule has 9 heteroatoms. The first-order valence-electron chi connectivity index (χ1n) is 11.4. The van der Waals surface area contributed by atoms with Gasteiger partial charge in [-0.15, -0.1) is 4.80 Å². The standard InChI is InChI=1S/C25H27N7O2/c1-14-7-24(29-17(4)21(14)8-26)32-27-9-18(30-32)11-31-10-15(2)28-23(12-31)19-5-6-20-22(16(19)3)13-34-25(20)33/h5-7,9,15,23,28H,10-13H2,1-4H3/t15-,23-/m0/s1. The molecule has 5 rings (SSSR count). The van der Waals surface area contributed by atoms with Crippen molar-refractivity contribution < 1.29 is 9.53 Å². The number of rotatable bonds is 4. The van der Waals surface area contributed by atoms with Crippen LogP contribution in [-0.4, -0.2) is 50.0 Å². The molecule has 0 saturated carbocycles. The highest BCUT2D eigenvalue weighted by molar-refractivity contribution is 5.94. The smallest absolute Gasteiger partial charge is 0.338 e. The summed E-state index contributed by atoms with van der Waals surface area (Å²) in [5.74, 6) is 0.374. The number of nitriles is 1. The summed E-state index contributed by atoms with van der Waals surface area (Å²) < 4.78 is 5.23. The van der Waals surface area contributed by atoms with Crippen LogP contribution in [0.1, 0.15) is 62.5 Å². The SMILES string of the molecule is Cc1cc(-n2ncc(CN3C[C@@H](c4ccc5c(c4C)COC5=O)N[C@@H](C)C3)n2)nc(C)c1C#N. The van der Waals surface area contributed by atoms with Crippen LogP contribution in [0.3, 0.4) is 0 Å². The van der Waals surface area contributed by atoms with E-state index in [4.69, 9.17) is 4.74 Å². The molecule has 9 nitrogen and oxygen atoms in total. The van der Waals surface area contributed by atoms with Gasteiger partial charge in [-0.3, -0.25) is 4.90 Å². The summed E-state index contributed by atoms with van der Waals surface area (Å²) in [4.78, 5) is 20.3. The van der Waals surface area contributed by atoms with E-state index >= 15 is 0 Å². The highest BCUT2D eigenvalue weighted by atomic mass is 16.5. The summed E-state index contributed by atoms with van der Waals surface area (Å²) >= 11 is 0. The highest BCUT2D eigenvalue weighted by Gasteiger charge is 2.30. The fraction of sp³-hybridized carbons (Fsp3) is 0.400. The van der Waals surface area contributed by atoms with Crippen molar-refractivity contribution in [3.8, 4) is 11.9 Å². The lowest BCUT2D eigenvalue weighted by atomic mass is 9.92. The third kappa shape index (κ3) is 3.95. The Morgan fingerprint density at radius 1 is 1.26 bits per heavy atom. The number of nitrogens with zero attached hydrogens (tertiary/aromatic N) is 6. The summed E-state index contributed by atoms with van der Waals surface area (Å²) in [5, 5.41) is 22.1. The van der Waals surface area contributed by atoms with Gasteiger partial charge in [-0.1, -0.05) is 6.07 Å². The summed E-state index contributed by atoms with van der Waals surface area (Å²) in [6.07, 6.45) is 1.77. The first-order valence-corrected chi connectivity index (χ1v) is 11.4. The van der Waals surface area contributed by atoms with Crippen LogP contribution in [0.4, 0.5) is 0 Å². The molecule has 0 amide bonds. The Kier molecular flexibility index (Phi) is 5.63. The van der Waals surface area contributed by atoms with Crippen molar-refractivity contribution in [3.63, 3.8) is 0 Å². The predicted molar refractivity (Wildman–Crippen MR) is 124 cm³/mol. The molecule has 2 aliphatic heterocycles. The van der Waals surface area contributed by atoms with Gasteiger partial charge < -0.3 is 10.1 Å². The van der Waals surface area contributed by atoms with E-state index in [1.54, 1.807) is 6.20 Å². The topological polar surface area (TPSA) is 109 Å². The van der Waals surface area contributed by atoms with E-state index in [2.05, 4.69) is 45.3 Å². The van der Waals surface area contributed by atoms with Crippen molar-refractivity contribution in [2.75, 3.05) is 13.1 Å². The summed E-state index contributed by atoms with van der Waals surface area (Å²) in [6.45, 7) is 10.7. The number of fused-ring (bicyclic) bond motifs is 1. The van der Waals surface area contributed by atoms with Gasteiger partial charge in [0.15, 0.2) is 5.82 Å². The fourth-order valence-corrected chi connectivity index (χ4v) is 5.02. The van der Waals surface area contributed by atoms with Crippen molar-refractivity contribution in [2.24, 2.45) is 0 Å². The van der Waals surface area contributed by atoms with Gasteiger partial charge in [-0.2, -0.15) is 15.5 Å². The molecule has 1 saturated heterocycles. The van der Waals surface area contributed by atoms with Gasteiger partial charge in [-0.05, 0) is 56.5 Å². The van der Waals surface area contributed by atoms with Gasteiger partial charge in [0.2, 0.25) is 0 Å². The lowest BCUT2D eigenvalue weighted by Gasteiger charge is -2.38. The Hall–Kier alpha value is -3.61. The largest absolute Gasteiger partial charge is 0.457 e. The molecule has 4 heterocycles. The highest BCUT2D eigenvalue weighted by Crippen LogP contribution is 2.31. The number of aromatic nitrogens is 4. The molecule has 2 aliphatic rings. The minimum atomic E-state index is -0.235. The van der Waals surface area contributed by atoms with Crippen LogP contribution in [0.15, 0.2) is 24.4 Å². The number of nitrogens with one attached hydrogen (secondary N) is 1. The van der Waals surface area contributed by atoms with Gasteiger partial charge in [-0.25, -0.2) is 9.78 Å². The van der Waals surface area contributed by atoms with Crippen molar-refractivity contribution in [1.29, 1.82) is 5.26 Å². The van der Waals surface area contributed by atoms with E-state index in [0.717, 1.165) is 35.5 Å². The van der Waals surface area contributed by atoms with Crippen LogP contribution < -0.4 is 5.32 Å². The Morgan fingerprint density at radius 3 is 2.85 bits per heavy atom. The monoisotopic (exact) mass is 457 g/mol. The molecule has 2 atom stereocenters. The van der Waals surface area contributed by atoms with Crippen molar-refractivity contribution in [2.45, 2.75) is 52.9 Å². The zero-order valence-corrected chi connectivity index (χ0v) is 19.8. The molecular weight excluding hydrogens is 430 g/mol. The number of hydrogen-bond acceptors (Lipinski definition) is 8. The number of hydrogen-bond donors (Lipinski definition) is 1. The molecule has 3 aromatic rings. The van der Waals surface area contributed by atoms with Gasteiger partial charge in [0.05, 0.1) is 28.7 Å². The lowest BCUT2D eigenvalue weighted by Crippen LogP contribution is -2.50. The van der Waals surface area contributed by atoms with E-state index in [9.17, 15) is 10.1 Å². The molecule has 174 valence electrons. The van der Waals surface area contributed by atoms with Crippen LogP contribution in [0, 0.1) is 32.1 Å². The predicted octanol–water partition coefficient (Wildman–Crippen LogP) is 2.66. The number of carbonyl (C=O) groups is 1. The third-order valence-electron chi connectivity index (χ3n) is 6.67. The molecule has 1 N–H and O–H groups in total. The van der Waals surface area contributed by atoms with Crippen LogP contribution in [0.5, 0.6) is 0 Å². The van der Waals surface area contributed by atoms with Crippen LogP contribution in [0.2, 0.25) is 0 Å². The Morgan fingerprint density at radius 2 is 2.09 bits per heavy atom. The third-order valence-corrected chi connectivity index (χ3v) is 6.67. The molecule has 0 spiro atoms. The number of ether oxygens (including phenoxy) is 1. The molecule has 1 aromatic carbocycles. The first kappa shape index (κ1) is 22.2. The quantitative estimate of drug-likeness (QED) is 0.596. The van der Waals surface area contributed by atoms with Gasteiger partial charge in [0.25, 0.3) is 0 Å². The van der Waals surface area contributed by atoms with Crippen LogP contribution >= 0.6 is 0 Å². The average Bonchev–Trinajstić information content (AvgIpc) is 3.41. The average molecular weight is 458 g/mol. The number of piperazine rings is 1. The molecule has 1 fully saturated rings. The number of pyridine rings is 1. The molecule has 0 bridgehead atoms. The van der Waals surface area contributed by atoms with E-state index in [0.29, 0.717) is 41.8 Å². The van der Waals surface area contributed by atoms with Crippen molar-refractivity contribution in [3.05, 3.63) is 69.2 Å². The number of carbonyl (C=O) groups excluding carboxylic acids is 1. The zero-order chi connectivity index (χ0) is 24.0. The number of aryl methyl sites for hydroxylation is 2. The number of cyclic esters (lactones) is 1. The van der Waals surface area contributed by atoms with Crippen molar-refractivity contribution in [1.82, 2.24) is 30.2 Å². The minimum Gasteiger partial charge on any atom is -0.457 e. The first-order chi connectivity index (χ1) is 16.3. The summed E-state index contributed by atoms with van der Waals surface area (Å²) in [5.41, 5.74) is 6.99. The second-order valence-corrected chi connectivity index (χ2v) is 9.19. The maximum Gasteiger partial charge on any atom is 0.338 e. The molecule has 0 unspecified atom stereocenters. The Labute approximate surface area is 198 Å². The molecular formula is C25H27N7O2. The molecule has 0 aliphatic carbocycles. The number of benzene rings is 1. The second kappa shape index (κ2) is 8.63. The lowest BCUT2D eigenvalue weighted by molar-refractivity contribution is 0.0535. The van der Waals surface area contributed by atoms with Gasteiger partial charge in [0, 0.05) is 37.3 Å². The van der Waals surface area contributed by atoms with E-state index in [1.165, 1.54) is 10.4 Å². The second-order valence-electron chi connectivity index (χ2n) is 9.19. The summed E-state index contributed by atoms with van der Waals surface area (Å²) in [7, 11) is 0. The van der Waals surface area contributed by atoms with Crippen molar-refractivity contribution >= 4 is 5.97 Å². The molecule has 0 radical (unpaired) electrons. The fourth-order valence-electron chi connectivity index (χ4n) is 5.02. The zero-order valence-electron chi connectivity index (χ0n) is 19.8. The Bertz CT molecular complexity index is 1300. The van der Waals surface area contributed by atoms with Crippen LogP contribution in [0.25, 0.3) is 5.82 Å². The van der Waals surface area contributed by atoms with E-state index in [1.807, 2.05) is 32.0 Å². The summed E-state index contributed by atoms with van der Waals surface area (Å²) in [6, 6.07) is 8.41.